The molecule has 1 nitrogen and oxygen atoms in total. The monoisotopic (exact) mass is 547 g/mol. The maximum atomic E-state index is 6.19. The number of hydrogen-bond acceptors (Lipinski definition) is 2. The van der Waals surface area contributed by atoms with Crippen molar-refractivity contribution in [3.63, 3.8) is 0 Å². The van der Waals surface area contributed by atoms with Crippen molar-refractivity contribution in [3.05, 3.63) is 51.6 Å². The molecule has 0 aliphatic rings. The summed E-state index contributed by atoms with van der Waals surface area (Å²) in [7, 11) is 0. The SMILES string of the molecule is CCCNC(c1cc(Cl)c(Br)s1)c1cc(I)ccc1Br. The predicted octanol–water partition coefficient (Wildman–Crippen LogP) is 6.62. The Hall–Kier alpha value is 0.860. The second-order valence-electron chi connectivity index (χ2n) is 4.32. The van der Waals surface area contributed by atoms with Gasteiger partial charge in [-0.3, -0.25) is 0 Å². The van der Waals surface area contributed by atoms with E-state index in [0.29, 0.717) is 0 Å². The highest BCUT2D eigenvalue weighted by molar-refractivity contribution is 14.1. The molecule has 2 aromatic rings. The standard InChI is InChI=1S/C14H13Br2ClINS/c1-2-5-19-13(12-7-11(17)14(16)20-12)9-6-8(18)3-4-10(9)15/h3-4,6-7,13,19H,2,5H2,1H3. The van der Waals surface area contributed by atoms with E-state index in [1.807, 2.05) is 6.07 Å². The van der Waals surface area contributed by atoms with Crippen molar-refractivity contribution in [3.8, 4) is 0 Å². The second kappa shape index (κ2) is 7.92. The lowest BCUT2D eigenvalue weighted by atomic mass is 10.1. The molecule has 2 rings (SSSR count). The fourth-order valence-electron chi connectivity index (χ4n) is 1.89. The van der Waals surface area contributed by atoms with Crippen molar-refractivity contribution in [2.24, 2.45) is 0 Å². The molecule has 1 heterocycles. The Balaban J connectivity index is 2.43. The number of thiophene rings is 1. The molecule has 1 aromatic carbocycles. The molecule has 0 spiro atoms. The minimum Gasteiger partial charge on any atom is -0.306 e. The van der Waals surface area contributed by atoms with Crippen LogP contribution in [-0.2, 0) is 0 Å². The van der Waals surface area contributed by atoms with Crippen molar-refractivity contribution >= 4 is 77.4 Å². The number of halogens is 4. The maximum absolute atomic E-state index is 6.19. The summed E-state index contributed by atoms with van der Waals surface area (Å²) in [5.74, 6) is 0. The average molecular weight is 549 g/mol. The van der Waals surface area contributed by atoms with Gasteiger partial charge >= 0.3 is 0 Å². The van der Waals surface area contributed by atoms with Gasteiger partial charge < -0.3 is 5.32 Å². The predicted molar refractivity (Wildman–Crippen MR) is 104 cm³/mol. The summed E-state index contributed by atoms with van der Waals surface area (Å²) in [5.41, 5.74) is 1.25. The highest BCUT2D eigenvalue weighted by Crippen LogP contribution is 2.39. The third-order valence-corrected chi connectivity index (χ3v) is 6.75. The molecule has 1 unspecified atom stereocenters. The average Bonchev–Trinajstić information content (AvgIpc) is 2.74. The first kappa shape index (κ1) is 17.2. The number of nitrogens with one attached hydrogen (secondary N) is 1. The van der Waals surface area contributed by atoms with Gasteiger partial charge in [0.2, 0.25) is 0 Å². The van der Waals surface area contributed by atoms with Crippen molar-refractivity contribution in [2.45, 2.75) is 19.4 Å². The van der Waals surface area contributed by atoms with Crippen LogP contribution < -0.4 is 5.32 Å². The summed E-state index contributed by atoms with van der Waals surface area (Å²) in [6.45, 7) is 3.14. The third kappa shape index (κ3) is 4.20. The normalized spacial score (nSPS) is 12.7. The zero-order valence-electron chi connectivity index (χ0n) is 10.7. The van der Waals surface area contributed by atoms with Crippen LogP contribution in [0.15, 0.2) is 32.5 Å². The van der Waals surface area contributed by atoms with E-state index in [0.717, 1.165) is 26.2 Å². The first-order chi connectivity index (χ1) is 9.52. The molecule has 108 valence electrons. The molecule has 1 aromatic heterocycles. The topological polar surface area (TPSA) is 12.0 Å². The summed E-state index contributed by atoms with van der Waals surface area (Å²) in [5, 5.41) is 4.38. The summed E-state index contributed by atoms with van der Waals surface area (Å²) in [4.78, 5) is 1.22. The Labute approximate surface area is 158 Å². The van der Waals surface area contributed by atoms with Crippen LogP contribution >= 0.6 is 77.4 Å². The van der Waals surface area contributed by atoms with E-state index in [1.54, 1.807) is 11.3 Å². The van der Waals surface area contributed by atoms with Crippen molar-refractivity contribution in [1.29, 1.82) is 0 Å². The Morgan fingerprint density at radius 3 is 2.70 bits per heavy atom. The molecule has 6 heteroatoms. The zero-order chi connectivity index (χ0) is 14.7. The Morgan fingerprint density at radius 2 is 2.10 bits per heavy atom. The lowest BCUT2D eigenvalue weighted by Gasteiger charge is -2.19. The van der Waals surface area contributed by atoms with E-state index < -0.39 is 0 Å². The van der Waals surface area contributed by atoms with Gasteiger partial charge in [-0.1, -0.05) is 34.5 Å². The largest absolute Gasteiger partial charge is 0.306 e. The summed E-state index contributed by atoms with van der Waals surface area (Å²) >= 11 is 17.4. The van der Waals surface area contributed by atoms with Gasteiger partial charge in [0.1, 0.15) is 0 Å². The van der Waals surface area contributed by atoms with Gasteiger partial charge in [-0.2, -0.15) is 0 Å². The van der Waals surface area contributed by atoms with E-state index in [2.05, 4.69) is 84.9 Å². The molecule has 1 N–H and O–H groups in total. The fourth-order valence-corrected chi connectivity index (χ4v) is 4.73. The van der Waals surface area contributed by atoms with E-state index in [1.165, 1.54) is 14.0 Å². The molecule has 0 amide bonds. The maximum Gasteiger partial charge on any atom is 0.0888 e. The minimum atomic E-state index is 0.160. The third-order valence-electron chi connectivity index (χ3n) is 2.82. The Kier molecular flexibility index (Phi) is 6.82. The van der Waals surface area contributed by atoms with Gasteiger partial charge in [-0.25, -0.2) is 0 Å². The smallest absolute Gasteiger partial charge is 0.0888 e. The molecule has 0 saturated carbocycles. The van der Waals surface area contributed by atoms with Gasteiger partial charge in [0.05, 0.1) is 14.9 Å². The summed E-state index contributed by atoms with van der Waals surface area (Å²) in [6, 6.07) is 8.60. The quantitative estimate of drug-likeness (QED) is 0.414. The molecule has 0 fully saturated rings. The number of rotatable bonds is 5. The summed E-state index contributed by atoms with van der Waals surface area (Å²) < 4.78 is 3.33. The molecule has 1 atom stereocenters. The summed E-state index contributed by atoms with van der Waals surface area (Å²) in [6.07, 6.45) is 1.10. The minimum absolute atomic E-state index is 0.160. The fraction of sp³-hybridized carbons (Fsp3) is 0.286. The number of hydrogen-bond donors (Lipinski definition) is 1. The van der Waals surface area contributed by atoms with Crippen molar-refractivity contribution < 1.29 is 0 Å². The molecule has 0 aliphatic carbocycles. The molecule has 0 aliphatic heterocycles. The van der Waals surface area contributed by atoms with Crippen LogP contribution in [0.3, 0.4) is 0 Å². The van der Waals surface area contributed by atoms with Gasteiger partial charge in [-0.05, 0) is 81.3 Å². The van der Waals surface area contributed by atoms with Crippen LogP contribution in [0.25, 0.3) is 0 Å². The van der Waals surface area contributed by atoms with Crippen LogP contribution in [0, 0.1) is 3.57 Å². The number of benzene rings is 1. The Bertz CT molecular complexity index is 583. The molecule has 0 radical (unpaired) electrons. The van der Waals surface area contributed by atoms with Gasteiger partial charge in [0.25, 0.3) is 0 Å². The highest BCUT2D eigenvalue weighted by Gasteiger charge is 2.20. The molecule has 0 bridgehead atoms. The van der Waals surface area contributed by atoms with E-state index >= 15 is 0 Å². The second-order valence-corrected chi connectivity index (χ2v) is 9.23. The zero-order valence-corrected chi connectivity index (χ0v) is 17.6. The molecule has 20 heavy (non-hydrogen) atoms. The van der Waals surface area contributed by atoms with Gasteiger partial charge in [0, 0.05) is 12.9 Å². The highest BCUT2D eigenvalue weighted by atomic mass is 127. The van der Waals surface area contributed by atoms with Crippen LogP contribution in [0.2, 0.25) is 5.02 Å². The van der Waals surface area contributed by atoms with E-state index in [-0.39, 0.29) is 6.04 Å². The lowest BCUT2D eigenvalue weighted by Crippen LogP contribution is -2.22. The molecular weight excluding hydrogens is 536 g/mol. The first-order valence-electron chi connectivity index (χ1n) is 6.16. The first-order valence-corrected chi connectivity index (χ1v) is 10.0. The van der Waals surface area contributed by atoms with Crippen LogP contribution in [-0.4, -0.2) is 6.54 Å². The van der Waals surface area contributed by atoms with E-state index in [4.69, 9.17) is 11.6 Å². The van der Waals surface area contributed by atoms with Crippen LogP contribution in [0.4, 0.5) is 0 Å². The molecular formula is C14H13Br2ClINS. The molecule has 0 saturated heterocycles. The van der Waals surface area contributed by atoms with Crippen molar-refractivity contribution in [1.82, 2.24) is 5.32 Å². The van der Waals surface area contributed by atoms with E-state index in [9.17, 15) is 0 Å². The lowest BCUT2D eigenvalue weighted by molar-refractivity contribution is 0.604. The van der Waals surface area contributed by atoms with Crippen LogP contribution in [0.5, 0.6) is 0 Å². The van der Waals surface area contributed by atoms with Gasteiger partial charge in [0.15, 0.2) is 0 Å². The van der Waals surface area contributed by atoms with Gasteiger partial charge in [-0.15, -0.1) is 11.3 Å². The van der Waals surface area contributed by atoms with Crippen LogP contribution in [0.1, 0.15) is 29.8 Å². The Morgan fingerprint density at radius 1 is 1.35 bits per heavy atom. The van der Waals surface area contributed by atoms with Crippen molar-refractivity contribution in [2.75, 3.05) is 6.54 Å².